The Balaban J connectivity index is 1.38. The number of rotatable bonds is 5. The van der Waals surface area contributed by atoms with E-state index in [0.717, 1.165) is 16.5 Å². The molecule has 0 saturated heterocycles. The van der Waals surface area contributed by atoms with Crippen molar-refractivity contribution in [3.8, 4) is 0 Å². The quantitative estimate of drug-likeness (QED) is 0.272. The lowest BCUT2D eigenvalue weighted by Crippen LogP contribution is -2.38. The first kappa shape index (κ1) is 20.2. The largest absolute Gasteiger partial charge is 0.452 e. The number of benzene rings is 2. The third-order valence-electron chi connectivity index (χ3n) is 5.04. The van der Waals surface area contributed by atoms with Gasteiger partial charge in [-0.3, -0.25) is 14.9 Å². The lowest BCUT2D eigenvalue weighted by molar-refractivity contribution is -0.384. The zero-order valence-corrected chi connectivity index (χ0v) is 16.6. The molecule has 8 nitrogen and oxygen atoms in total. The van der Waals surface area contributed by atoms with Crippen LogP contribution in [0.5, 0.6) is 0 Å². The number of carbonyl (C=O) groups excluding carboxylic acids is 2. The number of esters is 1. The molecule has 1 amide bonds. The van der Waals surface area contributed by atoms with Crippen molar-refractivity contribution < 1.29 is 19.2 Å². The van der Waals surface area contributed by atoms with Gasteiger partial charge in [-0.2, -0.15) is 0 Å². The normalized spacial score (nSPS) is 13.2. The van der Waals surface area contributed by atoms with E-state index in [9.17, 15) is 19.7 Å². The number of hydrogen-bond acceptors (Lipinski definition) is 6. The van der Waals surface area contributed by atoms with E-state index in [4.69, 9.17) is 4.74 Å². The van der Waals surface area contributed by atoms with Crippen molar-refractivity contribution in [1.29, 1.82) is 0 Å². The van der Waals surface area contributed by atoms with Gasteiger partial charge in [-0.25, -0.2) is 9.78 Å². The summed E-state index contributed by atoms with van der Waals surface area (Å²) in [6.45, 7) is 0.0583. The van der Waals surface area contributed by atoms with Crippen LogP contribution in [-0.2, 0) is 20.7 Å². The zero-order chi connectivity index (χ0) is 21.8. The third-order valence-corrected chi connectivity index (χ3v) is 5.04. The highest BCUT2D eigenvalue weighted by Gasteiger charge is 2.24. The molecule has 0 unspecified atom stereocenters. The summed E-state index contributed by atoms with van der Waals surface area (Å²) in [4.78, 5) is 41.1. The van der Waals surface area contributed by atoms with Crippen molar-refractivity contribution in [3.63, 3.8) is 0 Å². The van der Waals surface area contributed by atoms with E-state index in [1.165, 1.54) is 29.2 Å². The molecule has 2 heterocycles. The van der Waals surface area contributed by atoms with Gasteiger partial charge in [-0.1, -0.05) is 24.3 Å². The van der Waals surface area contributed by atoms with Crippen LogP contribution in [0.3, 0.4) is 0 Å². The number of nitro benzene ring substituents is 1. The van der Waals surface area contributed by atoms with Crippen LogP contribution < -0.4 is 4.90 Å². The van der Waals surface area contributed by atoms with Gasteiger partial charge in [0.25, 0.3) is 11.6 Å². The van der Waals surface area contributed by atoms with Crippen molar-refractivity contribution in [3.05, 3.63) is 82.0 Å². The Labute approximate surface area is 177 Å². The molecule has 1 aliphatic heterocycles. The summed E-state index contributed by atoms with van der Waals surface area (Å²) in [6.07, 6.45) is 4.11. The second kappa shape index (κ2) is 8.74. The number of non-ortho nitro benzene ring substituents is 1. The molecule has 0 radical (unpaired) electrons. The van der Waals surface area contributed by atoms with Gasteiger partial charge in [0.05, 0.1) is 16.1 Å². The van der Waals surface area contributed by atoms with Crippen molar-refractivity contribution in [2.45, 2.75) is 12.8 Å². The number of aryl methyl sites for hydroxylation is 1. The van der Waals surface area contributed by atoms with Crippen LogP contribution in [0.15, 0.2) is 60.7 Å². The lowest BCUT2D eigenvalue weighted by Gasteiger charge is -2.29. The predicted octanol–water partition coefficient (Wildman–Crippen LogP) is 3.68. The average Bonchev–Trinajstić information content (AvgIpc) is 2.80. The second-order valence-electron chi connectivity index (χ2n) is 7.09. The fraction of sp³-hybridized carbons (Fsp3) is 0.174. The summed E-state index contributed by atoms with van der Waals surface area (Å²) in [7, 11) is 0. The van der Waals surface area contributed by atoms with Crippen LogP contribution in [0.2, 0.25) is 0 Å². The monoisotopic (exact) mass is 417 g/mol. The average molecular weight is 417 g/mol. The van der Waals surface area contributed by atoms with Gasteiger partial charge in [-0.05, 0) is 42.7 Å². The molecule has 31 heavy (non-hydrogen) atoms. The van der Waals surface area contributed by atoms with Crippen LogP contribution in [0.4, 0.5) is 11.4 Å². The van der Waals surface area contributed by atoms with Gasteiger partial charge < -0.3 is 9.64 Å². The molecule has 156 valence electrons. The summed E-state index contributed by atoms with van der Waals surface area (Å²) in [5.74, 6) is -1.02. The number of fused-ring (bicyclic) bond motifs is 2. The number of hydrogen-bond donors (Lipinski definition) is 0. The minimum atomic E-state index is -0.649. The number of pyridine rings is 1. The Morgan fingerprint density at radius 2 is 2.00 bits per heavy atom. The van der Waals surface area contributed by atoms with Crippen molar-refractivity contribution in [2.24, 2.45) is 0 Å². The predicted molar refractivity (Wildman–Crippen MR) is 116 cm³/mol. The molecule has 1 aliphatic rings. The first-order chi connectivity index (χ1) is 15.0. The minimum Gasteiger partial charge on any atom is -0.452 e. The Bertz CT molecular complexity index is 1200. The number of amides is 1. The molecular formula is C23H19N3O5. The first-order valence-electron chi connectivity index (χ1n) is 9.79. The molecule has 0 fully saturated rings. The van der Waals surface area contributed by atoms with E-state index in [-0.39, 0.29) is 11.6 Å². The van der Waals surface area contributed by atoms with E-state index < -0.39 is 17.5 Å². The molecule has 0 bridgehead atoms. The smallest absolute Gasteiger partial charge is 0.331 e. The SMILES string of the molecule is O=C(C=Cc1ccc2ccccc2n1)OCC(=O)N1CCCc2cc([N+](=O)[O-])ccc21. The Hall–Kier alpha value is -4.07. The highest BCUT2D eigenvalue weighted by Crippen LogP contribution is 2.30. The van der Waals surface area contributed by atoms with Crippen molar-refractivity contribution in [1.82, 2.24) is 4.98 Å². The van der Waals surface area contributed by atoms with E-state index in [1.807, 2.05) is 30.3 Å². The van der Waals surface area contributed by atoms with Gasteiger partial charge in [0.2, 0.25) is 0 Å². The fourth-order valence-electron chi connectivity index (χ4n) is 3.54. The molecule has 0 aliphatic carbocycles. The maximum Gasteiger partial charge on any atom is 0.331 e. The van der Waals surface area contributed by atoms with Gasteiger partial charge in [0.1, 0.15) is 0 Å². The number of para-hydroxylation sites is 1. The highest BCUT2D eigenvalue weighted by molar-refractivity contribution is 5.97. The summed E-state index contributed by atoms with van der Waals surface area (Å²) in [5.41, 5.74) is 2.77. The zero-order valence-electron chi connectivity index (χ0n) is 16.6. The standard InChI is InChI=1S/C23H19N3O5/c27-22(25-13-3-5-17-14-19(26(29)30)10-11-21(17)25)15-31-23(28)12-9-18-8-7-16-4-1-2-6-20(16)24-18/h1-2,4,6-12,14H,3,5,13,15H2. The molecule has 4 rings (SSSR count). The van der Waals surface area contributed by atoms with Crippen LogP contribution in [-0.4, -0.2) is 34.9 Å². The maximum absolute atomic E-state index is 12.6. The van der Waals surface area contributed by atoms with Gasteiger partial charge in [-0.15, -0.1) is 0 Å². The maximum atomic E-state index is 12.6. The Morgan fingerprint density at radius 3 is 2.84 bits per heavy atom. The summed E-state index contributed by atoms with van der Waals surface area (Å²) >= 11 is 0. The Morgan fingerprint density at radius 1 is 1.16 bits per heavy atom. The van der Waals surface area contributed by atoms with Crippen LogP contribution in [0.25, 0.3) is 17.0 Å². The summed E-state index contributed by atoms with van der Waals surface area (Å²) < 4.78 is 5.09. The third kappa shape index (κ3) is 4.58. The number of nitrogens with zero attached hydrogens (tertiary/aromatic N) is 3. The van der Waals surface area contributed by atoms with E-state index in [2.05, 4.69) is 4.98 Å². The second-order valence-corrected chi connectivity index (χ2v) is 7.09. The molecule has 0 saturated carbocycles. The summed E-state index contributed by atoms with van der Waals surface area (Å²) in [6, 6.07) is 15.8. The summed E-state index contributed by atoms with van der Waals surface area (Å²) in [5, 5.41) is 12.0. The first-order valence-corrected chi connectivity index (χ1v) is 9.79. The minimum absolute atomic E-state index is 0.00749. The van der Waals surface area contributed by atoms with E-state index >= 15 is 0 Å². The van der Waals surface area contributed by atoms with Crippen molar-refractivity contribution >= 4 is 40.2 Å². The van der Waals surface area contributed by atoms with Gasteiger partial charge >= 0.3 is 5.97 Å². The molecule has 0 N–H and O–H groups in total. The number of anilines is 1. The number of ether oxygens (including phenoxy) is 1. The molecule has 8 heteroatoms. The lowest BCUT2D eigenvalue weighted by atomic mass is 10.0. The number of aromatic nitrogens is 1. The van der Waals surface area contributed by atoms with Crippen LogP contribution >= 0.6 is 0 Å². The molecule has 2 aromatic carbocycles. The molecule has 1 aromatic heterocycles. The van der Waals surface area contributed by atoms with Gasteiger partial charge in [0.15, 0.2) is 6.61 Å². The van der Waals surface area contributed by atoms with Crippen LogP contribution in [0.1, 0.15) is 17.7 Å². The number of carbonyl (C=O) groups is 2. The highest BCUT2D eigenvalue weighted by atomic mass is 16.6. The topological polar surface area (TPSA) is 103 Å². The van der Waals surface area contributed by atoms with Crippen LogP contribution in [0, 0.1) is 10.1 Å². The van der Waals surface area contributed by atoms with E-state index in [0.29, 0.717) is 30.8 Å². The molecule has 0 spiro atoms. The fourth-order valence-corrected chi connectivity index (χ4v) is 3.54. The van der Waals surface area contributed by atoms with Gasteiger partial charge in [0, 0.05) is 35.8 Å². The molecule has 3 aromatic rings. The Kier molecular flexibility index (Phi) is 5.70. The van der Waals surface area contributed by atoms with Crippen molar-refractivity contribution in [2.75, 3.05) is 18.1 Å². The molecule has 0 atom stereocenters. The number of nitro groups is 1. The van der Waals surface area contributed by atoms with E-state index in [1.54, 1.807) is 12.1 Å². The molecular weight excluding hydrogens is 398 g/mol.